The number of nitrogens with zero attached hydrogens (tertiary/aromatic N) is 6. The van der Waals surface area contributed by atoms with Crippen molar-refractivity contribution in [3.05, 3.63) is 67.5 Å². The van der Waals surface area contributed by atoms with Crippen molar-refractivity contribution in [3.8, 4) is 32.7 Å². The maximum atomic E-state index is 4.89. The van der Waals surface area contributed by atoms with Crippen LogP contribution in [0.3, 0.4) is 0 Å². The zero-order chi connectivity index (χ0) is 18.2. The molecule has 5 heterocycles. The van der Waals surface area contributed by atoms with Crippen LogP contribution in [0, 0.1) is 0 Å². The molecule has 7 heteroatoms. The van der Waals surface area contributed by atoms with Gasteiger partial charge in [0, 0.05) is 55.2 Å². The molecule has 0 aliphatic carbocycles. The molecule has 0 fully saturated rings. The maximum Gasteiger partial charge on any atom is 0.178 e. The average Bonchev–Trinajstić information content (AvgIpc) is 3.36. The Labute approximate surface area is 159 Å². The third-order valence-electron chi connectivity index (χ3n) is 4.30. The summed E-state index contributed by atoms with van der Waals surface area (Å²) < 4.78 is 2.08. The van der Waals surface area contributed by atoms with Gasteiger partial charge in [0.1, 0.15) is 16.4 Å². The molecule has 0 radical (unpaired) electrons. The fraction of sp³-hybridized carbons (Fsp3) is 0.0500. The molecule has 0 N–H and O–H groups in total. The predicted molar refractivity (Wildman–Crippen MR) is 106 cm³/mol. The smallest absolute Gasteiger partial charge is 0.178 e. The Morgan fingerprint density at radius 2 is 1.85 bits per heavy atom. The first-order valence-corrected chi connectivity index (χ1v) is 9.21. The second kappa shape index (κ2) is 6.37. The minimum Gasteiger partial charge on any atom is -0.349 e. The molecule has 5 aromatic heterocycles. The second-order valence-electron chi connectivity index (χ2n) is 6.06. The van der Waals surface area contributed by atoms with Crippen LogP contribution < -0.4 is 0 Å². The van der Waals surface area contributed by atoms with Crippen molar-refractivity contribution in [2.75, 3.05) is 0 Å². The van der Waals surface area contributed by atoms with Crippen LogP contribution in [0.15, 0.2) is 67.5 Å². The fourth-order valence-corrected chi connectivity index (χ4v) is 3.94. The standard InChI is InChI=1S/C20H14N6S/c1-26-9-5-13-10-15(19-22-7-3-8-23-19)25-17(18(13)26)16-12-24-20(27-16)14-4-2-6-21-11-14/h2-12H,1H3. The normalized spacial score (nSPS) is 11.1. The SMILES string of the molecule is Cn1ccc2cc(-c3ncccn3)nc(-c3cnc(-c4cccnc4)s3)c21. The van der Waals surface area contributed by atoms with Crippen molar-refractivity contribution in [3.63, 3.8) is 0 Å². The number of fused-ring (bicyclic) bond motifs is 1. The molecule has 0 aromatic carbocycles. The van der Waals surface area contributed by atoms with E-state index >= 15 is 0 Å². The zero-order valence-corrected chi connectivity index (χ0v) is 15.3. The summed E-state index contributed by atoms with van der Waals surface area (Å²) in [5, 5.41) is 2.02. The molecule has 0 saturated heterocycles. The number of thiazole rings is 1. The van der Waals surface area contributed by atoms with Gasteiger partial charge in [0.15, 0.2) is 5.82 Å². The summed E-state index contributed by atoms with van der Waals surface area (Å²) in [5.74, 6) is 0.613. The van der Waals surface area contributed by atoms with Crippen molar-refractivity contribution >= 4 is 22.2 Å². The van der Waals surface area contributed by atoms with E-state index in [9.17, 15) is 0 Å². The van der Waals surface area contributed by atoms with Crippen LogP contribution in [-0.4, -0.2) is 29.5 Å². The highest BCUT2D eigenvalue weighted by atomic mass is 32.1. The van der Waals surface area contributed by atoms with E-state index in [1.165, 1.54) is 0 Å². The van der Waals surface area contributed by atoms with E-state index in [1.54, 1.807) is 36.0 Å². The molecule has 0 unspecified atom stereocenters. The van der Waals surface area contributed by atoms with E-state index in [2.05, 4.69) is 30.6 Å². The van der Waals surface area contributed by atoms with Gasteiger partial charge in [0.2, 0.25) is 0 Å². The molecule has 130 valence electrons. The third-order valence-corrected chi connectivity index (χ3v) is 5.35. The van der Waals surface area contributed by atoms with Gasteiger partial charge >= 0.3 is 0 Å². The van der Waals surface area contributed by atoms with Crippen molar-refractivity contribution in [1.82, 2.24) is 29.5 Å². The lowest BCUT2D eigenvalue weighted by Gasteiger charge is -2.06. The van der Waals surface area contributed by atoms with Crippen LogP contribution in [0.25, 0.3) is 43.6 Å². The van der Waals surface area contributed by atoms with Gasteiger partial charge in [-0.1, -0.05) is 0 Å². The molecule has 0 aliphatic heterocycles. The van der Waals surface area contributed by atoms with E-state index in [4.69, 9.17) is 4.98 Å². The lowest BCUT2D eigenvalue weighted by atomic mass is 10.2. The van der Waals surface area contributed by atoms with E-state index in [1.807, 2.05) is 43.8 Å². The summed E-state index contributed by atoms with van der Waals surface area (Å²) in [6, 6.07) is 9.83. The summed E-state index contributed by atoms with van der Waals surface area (Å²) in [5.41, 5.74) is 3.70. The largest absolute Gasteiger partial charge is 0.349 e. The second-order valence-corrected chi connectivity index (χ2v) is 7.09. The minimum atomic E-state index is 0.613. The highest BCUT2D eigenvalue weighted by Crippen LogP contribution is 2.36. The molecule has 0 atom stereocenters. The first-order chi connectivity index (χ1) is 13.3. The van der Waals surface area contributed by atoms with Gasteiger partial charge in [-0.3, -0.25) is 4.98 Å². The Kier molecular flexibility index (Phi) is 3.72. The van der Waals surface area contributed by atoms with Gasteiger partial charge in [-0.15, -0.1) is 11.3 Å². The molecular weight excluding hydrogens is 356 g/mol. The topological polar surface area (TPSA) is 69.4 Å². The number of hydrogen-bond donors (Lipinski definition) is 0. The Morgan fingerprint density at radius 3 is 2.67 bits per heavy atom. The number of aromatic nitrogens is 6. The Bertz CT molecular complexity index is 1230. The van der Waals surface area contributed by atoms with Crippen LogP contribution in [0.2, 0.25) is 0 Å². The van der Waals surface area contributed by atoms with Gasteiger partial charge in [-0.25, -0.2) is 19.9 Å². The number of hydrogen-bond acceptors (Lipinski definition) is 6. The molecule has 0 aliphatic rings. The van der Waals surface area contributed by atoms with Gasteiger partial charge in [-0.2, -0.15) is 0 Å². The molecule has 0 saturated carbocycles. The third kappa shape index (κ3) is 2.78. The summed E-state index contributed by atoms with van der Waals surface area (Å²) in [4.78, 5) is 23.4. The Morgan fingerprint density at radius 1 is 0.963 bits per heavy atom. The summed E-state index contributed by atoms with van der Waals surface area (Å²) in [6.45, 7) is 0. The van der Waals surface area contributed by atoms with Crippen molar-refractivity contribution in [2.24, 2.45) is 7.05 Å². The van der Waals surface area contributed by atoms with Crippen molar-refractivity contribution in [1.29, 1.82) is 0 Å². The van der Waals surface area contributed by atoms with Crippen LogP contribution in [0.5, 0.6) is 0 Å². The number of aryl methyl sites for hydroxylation is 1. The molecule has 5 aromatic rings. The van der Waals surface area contributed by atoms with Crippen molar-refractivity contribution < 1.29 is 0 Å². The highest BCUT2D eigenvalue weighted by molar-refractivity contribution is 7.18. The van der Waals surface area contributed by atoms with E-state index < -0.39 is 0 Å². The summed E-state index contributed by atoms with van der Waals surface area (Å²) >= 11 is 1.60. The fourth-order valence-electron chi connectivity index (χ4n) is 3.05. The molecule has 0 spiro atoms. The Hall–Kier alpha value is -3.45. The number of rotatable bonds is 3. The number of pyridine rings is 2. The zero-order valence-electron chi connectivity index (χ0n) is 14.4. The quantitative estimate of drug-likeness (QED) is 0.476. The maximum absolute atomic E-state index is 4.89. The summed E-state index contributed by atoms with van der Waals surface area (Å²) in [6.07, 6.45) is 10.9. The highest BCUT2D eigenvalue weighted by Gasteiger charge is 2.16. The molecular formula is C20H14N6S. The average molecular weight is 370 g/mol. The first-order valence-electron chi connectivity index (χ1n) is 8.40. The van der Waals surface area contributed by atoms with Gasteiger partial charge in [0.25, 0.3) is 0 Å². The van der Waals surface area contributed by atoms with Crippen LogP contribution >= 0.6 is 11.3 Å². The van der Waals surface area contributed by atoms with Crippen LogP contribution in [0.4, 0.5) is 0 Å². The first kappa shape index (κ1) is 15.8. The van der Waals surface area contributed by atoms with Gasteiger partial charge in [-0.05, 0) is 30.3 Å². The van der Waals surface area contributed by atoms with Gasteiger partial charge < -0.3 is 4.57 Å². The molecule has 6 nitrogen and oxygen atoms in total. The van der Waals surface area contributed by atoms with E-state index in [0.29, 0.717) is 5.82 Å². The Balaban J connectivity index is 1.70. The van der Waals surface area contributed by atoms with Gasteiger partial charge in [0.05, 0.1) is 10.4 Å². The lowest BCUT2D eigenvalue weighted by Crippen LogP contribution is -1.95. The molecule has 0 bridgehead atoms. The minimum absolute atomic E-state index is 0.613. The predicted octanol–water partition coefficient (Wildman–Crippen LogP) is 4.22. The van der Waals surface area contributed by atoms with E-state index in [0.717, 1.165) is 37.7 Å². The summed E-state index contributed by atoms with van der Waals surface area (Å²) in [7, 11) is 2.02. The molecule has 0 amide bonds. The van der Waals surface area contributed by atoms with Crippen molar-refractivity contribution in [2.45, 2.75) is 0 Å². The molecule has 27 heavy (non-hydrogen) atoms. The van der Waals surface area contributed by atoms with Crippen LogP contribution in [-0.2, 0) is 7.05 Å². The molecule has 5 rings (SSSR count). The lowest BCUT2D eigenvalue weighted by molar-refractivity contribution is 0.966. The monoisotopic (exact) mass is 370 g/mol. The van der Waals surface area contributed by atoms with E-state index in [-0.39, 0.29) is 0 Å². The van der Waals surface area contributed by atoms with Crippen LogP contribution in [0.1, 0.15) is 0 Å².